The van der Waals surface area contributed by atoms with Gasteiger partial charge in [0, 0.05) is 12.4 Å². The van der Waals surface area contributed by atoms with Gasteiger partial charge >= 0.3 is 0 Å². The van der Waals surface area contributed by atoms with Crippen LogP contribution in [0.4, 0.5) is 0 Å². The van der Waals surface area contributed by atoms with Crippen LogP contribution in [0.5, 0.6) is 0 Å². The Balaban J connectivity index is 2.93. The van der Waals surface area contributed by atoms with E-state index in [1.807, 2.05) is 6.07 Å². The van der Waals surface area contributed by atoms with Crippen LogP contribution in [0.25, 0.3) is 0 Å². The van der Waals surface area contributed by atoms with Crippen molar-refractivity contribution in [2.24, 2.45) is 0 Å². The summed E-state index contributed by atoms with van der Waals surface area (Å²) in [6.07, 6.45) is 3.74. The number of aromatic nitrogens is 1. The van der Waals surface area contributed by atoms with E-state index < -0.39 is 5.92 Å². The van der Waals surface area contributed by atoms with Crippen LogP contribution in [0, 0.1) is 11.3 Å². The fraction of sp³-hybridized carbons (Fsp3) is 0.125. The molecule has 11 heavy (non-hydrogen) atoms. The van der Waals surface area contributed by atoms with Crippen LogP contribution in [0.2, 0.25) is 0 Å². The van der Waals surface area contributed by atoms with Gasteiger partial charge in [-0.1, -0.05) is 0 Å². The molecule has 0 unspecified atom stereocenters. The molecule has 0 aromatic carbocycles. The summed E-state index contributed by atoms with van der Waals surface area (Å²) in [5.74, 6) is -0.655. The van der Waals surface area contributed by atoms with E-state index in [-0.39, 0.29) is 0 Å². The zero-order chi connectivity index (χ0) is 8.10. The summed E-state index contributed by atoms with van der Waals surface area (Å²) < 4.78 is 0. The summed E-state index contributed by atoms with van der Waals surface area (Å²) in [7, 11) is 0. The second-order valence-corrected chi connectivity index (χ2v) is 2.02. The summed E-state index contributed by atoms with van der Waals surface area (Å²) >= 11 is 0. The summed E-state index contributed by atoms with van der Waals surface area (Å²) in [6.45, 7) is 0. The van der Waals surface area contributed by atoms with Crippen molar-refractivity contribution in [1.29, 1.82) is 5.26 Å². The van der Waals surface area contributed by atoms with Gasteiger partial charge in [-0.05, 0) is 17.7 Å². The highest BCUT2D eigenvalue weighted by atomic mass is 16.1. The van der Waals surface area contributed by atoms with Gasteiger partial charge in [-0.2, -0.15) is 5.26 Å². The maximum absolute atomic E-state index is 10.3. The van der Waals surface area contributed by atoms with Crippen LogP contribution in [-0.4, -0.2) is 11.3 Å². The van der Waals surface area contributed by atoms with Gasteiger partial charge in [0.25, 0.3) is 0 Å². The molecule has 0 saturated carbocycles. The first kappa shape index (κ1) is 7.42. The third-order valence-corrected chi connectivity index (χ3v) is 1.34. The minimum absolute atomic E-state index is 0.620. The summed E-state index contributed by atoms with van der Waals surface area (Å²) in [5.41, 5.74) is 0.692. The number of hydrogen-bond donors (Lipinski definition) is 0. The molecule has 1 rings (SSSR count). The average Bonchev–Trinajstić information content (AvgIpc) is 2.09. The van der Waals surface area contributed by atoms with Crippen molar-refractivity contribution in [3.63, 3.8) is 0 Å². The molecule has 0 fully saturated rings. The Morgan fingerprint density at radius 3 is 2.64 bits per heavy atom. The van der Waals surface area contributed by atoms with Gasteiger partial charge in [-0.15, -0.1) is 0 Å². The minimum Gasteiger partial charge on any atom is -0.302 e. The SMILES string of the molecule is N#C[C@@H](C=O)c1ccncc1. The molecule has 0 aliphatic rings. The number of nitrogens with zero attached hydrogens (tertiary/aromatic N) is 2. The third-order valence-electron chi connectivity index (χ3n) is 1.34. The number of pyridine rings is 1. The first-order valence-electron chi connectivity index (χ1n) is 3.13. The van der Waals surface area contributed by atoms with Crippen molar-refractivity contribution in [3.8, 4) is 6.07 Å². The number of carbonyl (C=O) groups is 1. The van der Waals surface area contributed by atoms with Gasteiger partial charge in [0.2, 0.25) is 0 Å². The molecule has 1 aromatic rings. The second kappa shape index (κ2) is 3.47. The maximum Gasteiger partial charge on any atom is 0.141 e. The zero-order valence-corrected chi connectivity index (χ0v) is 5.77. The van der Waals surface area contributed by atoms with Crippen molar-refractivity contribution in [3.05, 3.63) is 30.1 Å². The molecule has 0 aliphatic carbocycles. The van der Waals surface area contributed by atoms with Gasteiger partial charge in [0.1, 0.15) is 12.2 Å². The third kappa shape index (κ3) is 1.62. The van der Waals surface area contributed by atoms with E-state index >= 15 is 0 Å². The molecule has 0 saturated heterocycles. The molecule has 1 heterocycles. The Kier molecular flexibility index (Phi) is 2.34. The van der Waals surface area contributed by atoms with Crippen LogP contribution in [0.15, 0.2) is 24.5 Å². The first-order chi connectivity index (χ1) is 5.38. The number of hydrogen-bond acceptors (Lipinski definition) is 3. The quantitative estimate of drug-likeness (QED) is 0.582. The fourth-order valence-electron chi connectivity index (χ4n) is 0.754. The van der Waals surface area contributed by atoms with E-state index in [2.05, 4.69) is 4.98 Å². The van der Waals surface area contributed by atoms with E-state index in [0.29, 0.717) is 11.8 Å². The Morgan fingerprint density at radius 1 is 1.55 bits per heavy atom. The van der Waals surface area contributed by atoms with Crippen molar-refractivity contribution < 1.29 is 4.79 Å². The van der Waals surface area contributed by atoms with Crippen molar-refractivity contribution >= 4 is 6.29 Å². The monoisotopic (exact) mass is 146 g/mol. The number of carbonyl (C=O) groups excluding carboxylic acids is 1. The predicted octanol–water partition coefficient (Wildman–Crippen LogP) is 0.888. The van der Waals surface area contributed by atoms with Crippen LogP contribution in [-0.2, 0) is 4.79 Å². The van der Waals surface area contributed by atoms with Crippen LogP contribution in [0.3, 0.4) is 0 Å². The van der Waals surface area contributed by atoms with Crippen molar-refractivity contribution in [2.75, 3.05) is 0 Å². The molecule has 3 nitrogen and oxygen atoms in total. The normalized spacial score (nSPS) is 11.5. The van der Waals surface area contributed by atoms with Gasteiger partial charge in [0.05, 0.1) is 6.07 Å². The molecule has 0 spiro atoms. The van der Waals surface area contributed by atoms with Crippen LogP contribution < -0.4 is 0 Å². The van der Waals surface area contributed by atoms with E-state index in [1.165, 1.54) is 0 Å². The van der Waals surface area contributed by atoms with E-state index in [0.717, 1.165) is 0 Å². The smallest absolute Gasteiger partial charge is 0.141 e. The molecular formula is C8H6N2O. The van der Waals surface area contributed by atoms with E-state index in [4.69, 9.17) is 5.26 Å². The van der Waals surface area contributed by atoms with Gasteiger partial charge < -0.3 is 4.79 Å². The summed E-state index contributed by atoms with van der Waals surface area (Å²) in [5, 5.41) is 8.48. The van der Waals surface area contributed by atoms with Gasteiger partial charge in [-0.3, -0.25) is 4.98 Å². The zero-order valence-electron chi connectivity index (χ0n) is 5.77. The molecule has 0 amide bonds. The summed E-state index contributed by atoms with van der Waals surface area (Å²) in [6, 6.07) is 5.18. The largest absolute Gasteiger partial charge is 0.302 e. The van der Waals surface area contributed by atoms with Crippen LogP contribution in [0.1, 0.15) is 11.5 Å². The molecule has 0 aliphatic heterocycles. The van der Waals surface area contributed by atoms with Crippen molar-refractivity contribution in [2.45, 2.75) is 5.92 Å². The Hall–Kier alpha value is -1.69. The lowest BCUT2D eigenvalue weighted by atomic mass is 10.0. The summed E-state index contributed by atoms with van der Waals surface area (Å²) in [4.78, 5) is 14.1. The van der Waals surface area contributed by atoms with Gasteiger partial charge in [-0.25, -0.2) is 0 Å². The van der Waals surface area contributed by atoms with Gasteiger partial charge in [0.15, 0.2) is 0 Å². The predicted molar refractivity (Wildman–Crippen MR) is 38.7 cm³/mol. The number of aldehydes is 1. The molecule has 1 aromatic heterocycles. The topological polar surface area (TPSA) is 53.8 Å². The molecule has 1 atom stereocenters. The number of nitriles is 1. The van der Waals surface area contributed by atoms with Crippen LogP contribution >= 0.6 is 0 Å². The standard InChI is InChI=1S/C8H6N2O/c9-5-8(6-11)7-1-3-10-4-2-7/h1-4,6,8H/t8-/m0/s1. The molecule has 54 valence electrons. The highest BCUT2D eigenvalue weighted by molar-refractivity contribution is 5.66. The Bertz CT molecular complexity index is 276. The lowest BCUT2D eigenvalue weighted by molar-refractivity contribution is -0.108. The molecule has 0 radical (unpaired) electrons. The lowest BCUT2D eigenvalue weighted by Gasteiger charge is -1.97. The molecule has 3 heteroatoms. The highest BCUT2D eigenvalue weighted by Crippen LogP contribution is 2.09. The Morgan fingerprint density at radius 2 is 2.18 bits per heavy atom. The molecule has 0 N–H and O–H groups in total. The van der Waals surface area contributed by atoms with Crippen molar-refractivity contribution in [1.82, 2.24) is 4.98 Å². The minimum atomic E-state index is -0.655. The first-order valence-corrected chi connectivity index (χ1v) is 3.13. The lowest BCUT2D eigenvalue weighted by Crippen LogP contribution is -1.95. The highest BCUT2D eigenvalue weighted by Gasteiger charge is 2.06. The molecular weight excluding hydrogens is 140 g/mol. The fourth-order valence-corrected chi connectivity index (χ4v) is 0.754. The van der Waals surface area contributed by atoms with E-state index in [1.54, 1.807) is 24.5 Å². The second-order valence-electron chi connectivity index (χ2n) is 2.02. The number of rotatable bonds is 2. The average molecular weight is 146 g/mol. The Labute approximate surface area is 64.3 Å². The van der Waals surface area contributed by atoms with E-state index in [9.17, 15) is 4.79 Å². The molecule has 0 bridgehead atoms. The maximum atomic E-state index is 10.3.